The first kappa shape index (κ1) is 22.1. The van der Waals surface area contributed by atoms with Crippen LogP contribution in [-0.4, -0.2) is 48.7 Å². The number of amides is 1. The summed E-state index contributed by atoms with van der Waals surface area (Å²) in [6, 6.07) is 11.9. The number of benzene rings is 2. The number of nitrogens with zero attached hydrogens (tertiary/aromatic N) is 3. The Balaban J connectivity index is 1.79. The molecule has 0 radical (unpaired) electrons. The molecule has 0 unspecified atom stereocenters. The topological polar surface area (TPSA) is 36.4 Å². The van der Waals surface area contributed by atoms with Crippen LogP contribution in [0.3, 0.4) is 0 Å². The summed E-state index contributed by atoms with van der Waals surface area (Å²) in [5, 5.41) is 1.48. The van der Waals surface area contributed by atoms with E-state index in [1.54, 1.807) is 11.3 Å². The lowest BCUT2D eigenvalue weighted by Gasteiger charge is -2.21. The third-order valence-corrected chi connectivity index (χ3v) is 6.98. The van der Waals surface area contributed by atoms with Crippen molar-refractivity contribution in [3.63, 3.8) is 0 Å². The molecule has 0 saturated carbocycles. The molecule has 1 amide bonds. The third-order valence-electron chi connectivity index (χ3n) is 4.69. The van der Waals surface area contributed by atoms with E-state index in [2.05, 4.69) is 30.9 Å². The largest absolute Gasteiger partial charge is 0.309 e. The van der Waals surface area contributed by atoms with Crippen LogP contribution >= 0.6 is 34.7 Å². The molecule has 1 heterocycles. The van der Waals surface area contributed by atoms with Crippen LogP contribution < -0.4 is 4.90 Å². The van der Waals surface area contributed by atoms with Crippen molar-refractivity contribution >= 4 is 56.0 Å². The molecule has 154 valence electrons. The van der Waals surface area contributed by atoms with Gasteiger partial charge < -0.3 is 4.90 Å². The highest BCUT2D eigenvalue weighted by atomic mass is 35.5. The predicted molar refractivity (Wildman–Crippen MR) is 127 cm³/mol. The molecule has 0 aliphatic heterocycles. The van der Waals surface area contributed by atoms with Gasteiger partial charge in [0.05, 0.1) is 16.0 Å². The molecular weight excluding hydrogens is 422 g/mol. The van der Waals surface area contributed by atoms with Crippen molar-refractivity contribution in [1.82, 2.24) is 9.88 Å². The molecule has 0 N–H and O–H groups in total. The molecule has 0 saturated heterocycles. The fourth-order valence-electron chi connectivity index (χ4n) is 2.91. The highest BCUT2D eigenvalue weighted by molar-refractivity contribution is 8.00. The summed E-state index contributed by atoms with van der Waals surface area (Å²) in [4.78, 5) is 22.9. The van der Waals surface area contributed by atoms with Crippen LogP contribution in [0.25, 0.3) is 10.2 Å². The molecule has 0 atom stereocenters. The van der Waals surface area contributed by atoms with Gasteiger partial charge in [0.1, 0.15) is 0 Å². The summed E-state index contributed by atoms with van der Waals surface area (Å²) in [6.45, 7) is 5.79. The van der Waals surface area contributed by atoms with Crippen molar-refractivity contribution in [2.24, 2.45) is 0 Å². The number of aryl methyl sites for hydroxylation is 2. The second kappa shape index (κ2) is 9.94. The summed E-state index contributed by atoms with van der Waals surface area (Å²) in [5.74, 6) is 0.452. The van der Waals surface area contributed by atoms with Crippen molar-refractivity contribution < 1.29 is 4.79 Å². The number of anilines is 1. The minimum atomic E-state index is 0.0798. The highest BCUT2D eigenvalue weighted by Crippen LogP contribution is 2.32. The average Bonchev–Trinajstić information content (AvgIpc) is 3.07. The van der Waals surface area contributed by atoms with Crippen LogP contribution in [0.4, 0.5) is 5.13 Å². The number of halogens is 1. The van der Waals surface area contributed by atoms with Gasteiger partial charge in [0.15, 0.2) is 5.13 Å². The molecule has 4 nitrogen and oxygen atoms in total. The van der Waals surface area contributed by atoms with E-state index in [0.717, 1.165) is 33.2 Å². The molecule has 0 bridgehead atoms. The standard InChI is InChI=1S/C22H26ClN3OS2/c1-15-12-19-20(13-16(15)2)29-22(24-19)26(11-5-10-25(3)4)21(27)14-28-18-8-6-17(23)7-9-18/h6-9,12-13H,5,10-11,14H2,1-4H3. The van der Waals surface area contributed by atoms with E-state index >= 15 is 0 Å². The minimum Gasteiger partial charge on any atom is -0.309 e. The summed E-state index contributed by atoms with van der Waals surface area (Å²) in [6.07, 6.45) is 0.901. The van der Waals surface area contributed by atoms with Gasteiger partial charge in [-0.3, -0.25) is 9.69 Å². The molecule has 2 aromatic carbocycles. The van der Waals surface area contributed by atoms with Crippen molar-refractivity contribution in [3.05, 3.63) is 52.5 Å². The molecular formula is C22H26ClN3OS2. The number of carbonyl (C=O) groups is 1. The van der Waals surface area contributed by atoms with Gasteiger partial charge in [0.25, 0.3) is 0 Å². The summed E-state index contributed by atoms with van der Waals surface area (Å²) in [5.41, 5.74) is 3.43. The second-order valence-corrected chi connectivity index (χ2v) is 9.84. The second-order valence-electron chi connectivity index (χ2n) is 7.35. The Kier molecular flexibility index (Phi) is 7.57. The quantitative estimate of drug-likeness (QED) is 0.418. The Bertz CT molecular complexity index is 947. The first-order chi connectivity index (χ1) is 13.8. The smallest absolute Gasteiger partial charge is 0.239 e. The van der Waals surface area contributed by atoms with Gasteiger partial charge in [0, 0.05) is 16.5 Å². The van der Waals surface area contributed by atoms with E-state index in [1.807, 2.05) is 43.3 Å². The summed E-state index contributed by atoms with van der Waals surface area (Å²) >= 11 is 9.07. The number of fused-ring (bicyclic) bond motifs is 1. The maximum atomic E-state index is 13.1. The molecule has 3 aromatic rings. The van der Waals surface area contributed by atoms with Gasteiger partial charge in [-0.1, -0.05) is 22.9 Å². The molecule has 0 aliphatic rings. The first-order valence-electron chi connectivity index (χ1n) is 9.55. The van der Waals surface area contributed by atoms with E-state index in [9.17, 15) is 4.79 Å². The fourth-order valence-corrected chi connectivity index (χ4v) is 4.90. The number of thioether (sulfide) groups is 1. The number of hydrogen-bond donors (Lipinski definition) is 0. The van der Waals surface area contributed by atoms with Gasteiger partial charge in [-0.25, -0.2) is 4.98 Å². The Morgan fingerprint density at radius 1 is 1.10 bits per heavy atom. The van der Waals surface area contributed by atoms with E-state index in [-0.39, 0.29) is 5.91 Å². The van der Waals surface area contributed by atoms with Crippen LogP contribution in [0.1, 0.15) is 17.5 Å². The summed E-state index contributed by atoms with van der Waals surface area (Å²) in [7, 11) is 4.09. The lowest BCUT2D eigenvalue weighted by molar-refractivity contribution is -0.116. The average molecular weight is 448 g/mol. The molecule has 0 aliphatic carbocycles. The van der Waals surface area contributed by atoms with Gasteiger partial charge in [0.2, 0.25) is 5.91 Å². The van der Waals surface area contributed by atoms with Crippen molar-refractivity contribution in [1.29, 1.82) is 0 Å². The number of aromatic nitrogens is 1. The third kappa shape index (κ3) is 5.95. The maximum Gasteiger partial charge on any atom is 0.239 e. The number of rotatable bonds is 8. The predicted octanol–water partition coefficient (Wildman–Crippen LogP) is 5.64. The van der Waals surface area contributed by atoms with Crippen LogP contribution in [-0.2, 0) is 4.79 Å². The van der Waals surface area contributed by atoms with Crippen LogP contribution in [0.15, 0.2) is 41.3 Å². The van der Waals surface area contributed by atoms with Gasteiger partial charge in [-0.2, -0.15) is 0 Å². The van der Waals surface area contributed by atoms with Gasteiger partial charge in [-0.15, -0.1) is 11.8 Å². The zero-order valence-electron chi connectivity index (χ0n) is 17.2. The maximum absolute atomic E-state index is 13.1. The van der Waals surface area contributed by atoms with Crippen molar-refractivity contribution in [2.45, 2.75) is 25.2 Å². The number of carbonyl (C=O) groups excluding carboxylic acids is 1. The summed E-state index contributed by atoms with van der Waals surface area (Å²) < 4.78 is 1.12. The van der Waals surface area contributed by atoms with E-state index < -0.39 is 0 Å². The number of thiazole rings is 1. The molecule has 29 heavy (non-hydrogen) atoms. The minimum absolute atomic E-state index is 0.0798. The number of hydrogen-bond acceptors (Lipinski definition) is 5. The highest BCUT2D eigenvalue weighted by Gasteiger charge is 2.20. The van der Waals surface area contributed by atoms with Crippen LogP contribution in [0, 0.1) is 13.8 Å². The van der Waals surface area contributed by atoms with Crippen LogP contribution in [0.5, 0.6) is 0 Å². The SMILES string of the molecule is Cc1cc2nc(N(CCCN(C)C)C(=O)CSc3ccc(Cl)cc3)sc2cc1C. The first-order valence-corrected chi connectivity index (χ1v) is 11.7. The lowest BCUT2D eigenvalue weighted by Crippen LogP contribution is -2.34. The molecule has 1 aromatic heterocycles. The Morgan fingerprint density at radius 2 is 1.79 bits per heavy atom. The Labute approximate surface area is 185 Å². The monoisotopic (exact) mass is 447 g/mol. The molecule has 7 heteroatoms. The fraction of sp³-hybridized carbons (Fsp3) is 0.364. The van der Waals surface area contributed by atoms with Crippen molar-refractivity contribution in [3.8, 4) is 0 Å². The van der Waals surface area contributed by atoms with E-state index in [1.165, 1.54) is 22.9 Å². The molecule has 3 rings (SSSR count). The van der Waals surface area contributed by atoms with Crippen molar-refractivity contribution in [2.75, 3.05) is 37.8 Å². The van der Waals surface area contributed by atoms with Crippen LogP contribution in [0.2, 0.25) is 5.02 Å². The zero-order valence-corrected chi connectivity index (χ0v) is 19.6. The normalized spacial score (nSPS) is 11.4. The van der Waals surface area contributed by atoms with Gasteiger partial charge in [-0.05, 0) is 88.4 Å². The Morgan fingerprint density at radius 3 is 2.48 bits per heavy atom. The zero-order chi connectivity index (χ0) is 21.0. The van der Waals surface area contributed by atoms with E-state index in [4.69, 9.17) is 16.6 Å². The van der Waals surface area contributed by atoms with E-state index in [0.29, 0.717) is 17.3 Å². The Hall–Kier alpha value is -1.60. The molecule has 0 spiro atoms. The molecule has 0 fully saturated rings. The lowest BCUT2D eigenvalue weighted by atomic mass is 10.1. The van der Waals surface area contributed by atoms with Gasteiger partial charge >= 0.3 is 0 Å².